The Bertz CT molecular complexity index is 1640. The topological polar surface area (TPSA) is 231 Å². The van der Waals surface area contributed by atoms with Crippen LogP contribution in [0.25, 0.3) is 0 Å². The standard InChI is InChI=1S/C36H54N4O12S4/c1-29(31-21-15-17-23-33(31)39(43)44)51-55(47,48)37-35(41)25-13-9-5-3-7-11-19-27-53-54-28-20-12-8-4-6-10-14-26-36(42)38-56(49,50)52-30(2)32-22-16-18-24-34(32)40(45)46/h15-18,21-24,29-30H,3-14,19-20,25-28H2,1-2H3,(H,37,41)(H,38,42). The van der Waals surface area contributed by atoms with Crippen molar-refractivity contribution >= 4 is 65.4 Å². The maximum atomic E-state index is 12.2. The van der Waals surface area contributed by atoms with E-state index in [-0.39, 0.29) is 35.3 Å². The van der Waals surface area contributed by atoms with Crippen LogP contribution in [0.3, 0.4) is 0 Å². The molecule has 2 unspecified atom stereocenters. The second-order valence-corrected chi connectivity index (χ2v) is 18.5. The molecule has 0 radical (unpaired) electrons. The quantitative estimate of drug-likeness (QED) is 0.0313. The van der Waals surface area contributed by atoms with Crippen molar-refractivity contribution in [1.29, 1.82) is 0 Å². The minimum atomic E-state index is -4.42. The van der Waals surface area contributed by atoms with Crippen molar-refractivity contribution in [3.8, 4) is 0 Å². The molecule has 2 N–H and O–H groups in total. The van der Waals surface area contributed by atoms with Crippen LogP contribution < -0.4 is 9.44 Å². The molecule has 0 aliphatic carbocycles. The molecule has 2 rings (SSSR count). The largest absolute Gasteiger partial charge is 0.362 e. The van der Waals surface area contributed by atoms with Crippen molar-refractivity contribution in [2.75, 3.05) is 11.5 Å². The van der Waals surface area contributed by atoms with Crippen molar-refractivity contribution < 1.29 is 44.6 Å². The molecule has 16 nitrogen and oxygen atoms in total. The van der Waals surface area contributed by atoms with Gasteiger partial charge in [0.05, 0.1) is 21.0 Å². The van der Waals surface area contributed by atoms with E-state index in [4.69, 9.17) is 8.37 Å². The molecule has 56 heavy (non-hydrogen) atoms. The van der Waals surface area contributed by atoms with Gasteiger partial charge in [-0.3, -0.25) is 29.8 Å². The summed E-state index contributed by atoms with van der Waals surface area (Å²) in [5.74, 6) is 0.828. The van der Waals surface area contributed by atoms with Gasteiger partial charge in [0.1, 0.15) is 12.2 Å². The molecule has 0 saturated heterocycles. The maximum Gasteiger partial charge on any atom is 0.362 e. The van der Waals surface area contributed by atoms with Gasteiger partial charge in [0.2, 0.25) is 11.8 Å². The lowest BCUT2D eigenvalue weighted by Crippen LogP contribution is -2.32. The summed E-state index contributed by atoms with van der Waals surface area (Å²) in [5, 5.41) is 22.4. The van der Waals surface area contributed by atoms with Gasteiger partial charge in [-0.2, -0.15) is 16.8 Å². The Morgan fingerprint density at radius 1 is 0.571 bits per heavy atom. The van der Waals surface area contributed by atoms with Crippen molar-refractivity contribution in [2.45, 2.75) is 129 Å². The van der Waals surface area contributed by atoms with Crippen LogP contribution in [0.4, 0.5) is 11.4 Å². The lowest BCUT2D eigenvalue weighted by atomic mass is 10.1. The van der Waals surface area contributed by atoms with Gasteiger partial charge in [-0.05, 0) is 51.7 Å². The Morgan fingerprint density at radius 2 is 0.875 bits per heavy atom. The number of hydrogen-bond acceptors (Lipinski definition) is 14. The zero-order chi connectivity index (χ0) is 41.4. The molecular weight excluding hydrogens is 809 g/mol. The normalized spacial score (nSPS) is 12.8. The number of para-hydroxylation sites is 2. The van der Waals surface area contributed by atoms with Crippen molar-refractivity contribution in [1.82, 2.24) is 9.44 Å². The fourth-order valence-corrected chi connectivity index (χ4v) is 9.81. The van der Waals surface area contributed by atoms with Gasteiger partial charge in [-0.25, -0.2) is 17.8 Å². The fourth-order valence-electron chi connectivity index (χ4n) is 5.69. The minimum absolute atomic E-state index is 0.0411. The Hall–Kier alpha value is -3.30. The summed E-state index contributed by atoms with van der Waals surface area (Å²) in [7, 11) is -5.07. The SMILES string of the molecule is CC(OS(=O)(=O)NC(=O)CCCCCCCCCSSCCCCCCCCCC(=O)NS(=O)(=O)OC(C)c1ccccc1[N+](=O)[O-])c1ccccc1[N+](=O)[O-]. The van der Waals surface area contributed by atoms with Gasteiger partial charge in [0, 0.05) is 36.5 Å². The molecule has 0 aromatic heterocycles. The number of amides is 2. The van der Waals surface area contributed by atoms with Crippen molar-refractivity contribution in [2.24, 2.45) is 0 Å². The van der Waals surface area contributed by atoms with Gasteiger partial charge in [-0.15, -0.1) is 0 Å². The van der Waals surface area contributed by atoms with Gasteiger partial charge in [0.25, 0.3) is 11.4 Å². The number of carbonyl (C=O) groups is 2. The van der Waals surface area contributed by atoms with Crippen molar-refractivity contribution in [3.63, 3.8) is 0 Å². The zero-order valence-electron chi connectivity index (χ0n) is 31.9. The predicted octanol–water partition coefficient (Wildman–Crippen LogP) is 8.70. The Kier molecular flexibility index (Phi) is 23.2. The van der Waals surface area contributed by atoms with Crippen LogP contribution >= 0.6 is 21.6 Å². The van der Waals surface area contributed by atoms with Crippen LogP contribution in [-0.2, 0) is 38.6 Å². The molecule has 0 spiro atoms. The van der Waals surface area contributed by atoms with Gasteiger partial charge in [0.15, 0.2) is 0 Å². The Balaban J connectivity index is 1.38. The molecule has 0 aliphatic rings. The first-order valence-electron chi connectivity index (χ1n) is 18.8. The minimum Gasteiger partial charge on any atom is -0.274 e. The highest BCUT2D eigenvalue weighted by Crippen LogP contribution is 2.29. The molecule has 314 valence electrons. The molecule has 0 bridgehead atoms. The molecule has 2 atom stereocenters. The number of carbonyl (C=O) groups excluding carboxylic acids is 2. The first-order valence-corrected chi connectivity index (χ1v) is 24.1. The summed E-state index contributed by atoms with van der Waals surface area (Å²) < 4.78 is 62.7. The third-order valence-electron chi connectivity index (χ3n) is 8.51. The number of rotatable bonds is 31. The summed E-state index contributed by atoms with van der Waals surface area (Å²) >= 11 is 0. The second kappa shape index (κ2) is 26.6. The molecule has 0 aliphatic heterocycles. The summed E-state index contributed by atoms with van der Waals surface area (Å²) in [4.78, 5) is 45.4. The second-order valence-electron chi connectivity index (χ2n) is 13.2. The van der Waals surface area contributed by atoms with Crippen LogP contribution in [0.1, 0.15) is 140 Å². The molecule has 2 aromatic rings. The smallest absolute Gasteiger partial charge is 0.274 e. The highest BCUT2D eigenvalue weighted by Gasteiger charge is 2.26. The number of nitrogens with one attached hydrogen (secondary N) is 2. The molecule has 0 heterocycles. The number of unbranched alkanes of at least 4 members (excludes halogenated alkanes) is 12. The molecular formula is C36H54N4O12S4. The zero-order valence-corrected chi connectivity index (χ0v) is 35.2. The van der Waals surface area contributed by atoms with Crippen LogP contribution in [0.2, 0.25) is 0 Å². The molecule has 2 aromatic carbocycles. The molecule has 0 fully saturated rings. The predicted molar refractivity (Wildman–Crippen MR) is 218 cm³/mol. The van der Waals surface area contributed by atoms with E-state index in [1.165, 1.54) is 62.4 Å². The lowest BCUT2D eigenvalue weighted by molar-refractivity contribution is -0.386. The number of benzene rings is 2. The maximum absolute atomic E-state index is 12.2. The average Bonchev–Trinajstić information content (AvgIpc) is 3.13. The third kappa shape index (κ3) is 20.7. The lowest BCUT2D eigenvalue weighted by Gasteiger charge is -2.14. The summed E-state index contributed by atoms with van der Waals surface area (Å²) in [6.07, 6.45) is 11.2. The van der Waals surface area contributed by atoms with E-state index in [0.717, 1.165) is 88.6 Å². The van der Waals surface area contributed by atoms with E-state index in [2.05, 4.69) is 0 Å². The summed E-state index contributed by atoms with van der Waals surface area (Å²) in [5.41, 5.74) is -0.350. The highest BCUT2D eigenvalue weighted by atomic mass is 33.1. The van der Waals surface area contributed by atoms with E-state index in [0.29, 0.717) is 12.8 Å². The first-order chi connectivity index (χ1) is 26.6. The van der Waals surface area contributed by atoms with E-state index in [9.17, 15) is 46.7 Å². The highest BCUT2D eigenvalue weighted by molar-refractivity contribution is 8.76. The fraction of sp³-hybridized carbons (Fsp3) is 0.611. The Labute approximate surface area is 338 Å². The molecule has 2 amide bonds. The summed E-state index contributed by atoms with van der Waals surface area (Å²) in [6, 6.07) is 11.3. The van der Waals surface area contributed by atoms with E-state index < -0.39 is 54.5 Å². The third-order valence-corrected chi connectivity index (χ3v) is 13.1. The summed E-state index contributed by atoms with van der Waals surface area (Å²) in [6.45, 7) is 2.73. The van der Waals surface area contributed by atoms with E-state index in [1.807, 2.05) is 31.0 Å². The van der Waals surface area contributed by atoms with Crippen LogP contribution in [0.15, 0.2) is 48.5 Å². The molecule has 0 saturated carbocycles. The Morgan fingerprint density at radius 3 is 1.21 bits per heavy atom. The van der Waals surface area contributed by atoms with E-state index in [1.54, 1.807) is 0 Å². The monoisotopic (exact) mass is 862 g/mol. The van der Waals surface area contributed by atoms with Crippen molar-refractivity contribution in [3.05, 3.63) is 79.9 Å². The number of nitrogens with zero attached hydrogens (tertiary/aromatic N) is 2. The van der Waals surface area contributed by atoms with E-state index >= 15 is 0 Å². The number of nitro groups is 2. The van der Waals surface area contributed by atoms with Crippen LogP contribution in [-0.4, -0.2) is 50.0 Å². The first kappa shape index (κ1) is 48.8. The van der Waals surface area contributed by atoms with Crippen LogP contribution in [0, 0.1) is 20.2 Å². The molecule has 20 heteroatoms. The van der Waals surface area contributed by atoms with Gasteiger partial charge >= 0.3 is 20.6 Å². The van der Waals surface area contributed by atoms with Gasteiger partial charge < -0.3 is 0 Å². The van der Waals surface area contributed by atoms with Crippen LogP contribution in [0.5, 0.6) is 0 Å². The number of nitro benzene ring substituents is 2. The van der Waals surface area contributed by atoms with Gasteiger partial charge in [-0.1, -0.05) is 110 Å². The average molecular weight is 863 g/mol. The number of hydrogen-bond donors (Lipinski definition) is 2.